The summed E-state index contributed by atoms with van der Waals surface area (Å²) in [7, 11) is 0. The Hall–Kier alpha value is -2.01. The van der Waals surface area contributed by atoms with E-state index in [-0.39, 0.29) is 0 Å². The van der Waals surface area contributed by atoms with Crippen LogP contribution >= 0.6 is 22.6 Å². The average Bonchev–Trinajstić information content (AvgIpc) is 2.88. The Morgan fingerprint density at radius 3 is 2.97 bits per heavy atom. The summed E-state index contributed by atoms with van der Waals surface area (Å²) in [6, 6.07) is 11.3. The molecule has 0 radical (unpaired) electrons. The summed E-state index contributed by atoms with van der Waals surface area (Å²) in [4.78, 5) is 0. The predicted molar refractivity (Wildman–Crippen MR) is 132 cm³/mol. The summed E-state index contributed by atoms with van der Waals surface area (Å²) >= 11 is 2.59. The molecule has 2 aromatic carbocycles. The highest BCUT2D eigenvalue weighted by Crippen LogP contribution is 2.46. The second-order valence-electron chi connectivity index (χ2n) is 8.89. The van der Waals surface area contributed by atoms with Gasteiger partial charge in [0.15, 0.2) is 0 Å². The first-order valence-electron chi connectivity index (χ1n) is 11.0. The van der Waals surface area contributed by atoms with Crippen LogP contribution in [-0.4, -0.2) is 10.0 Å². The highest BCUT2D eigenvalue weighted by Gasteiger charge is 2.35. The van der Waals surface area contributed by atoms with E-state index < -0.39 is 0 Å². The van der Waals surface area contributed by atoms with E-state index in [1.807, 2.05) is 0 Å². The van der Waals surface area contributed by atoms with Crippen molar-refractivity contribution in [1.29, 1.82) is 0 Å². The molecule has 2 unspecified atom stereocenters. The molecule has 0 N–H and O–H groups in total. The van der Waals surface area contributed by atoms with Gasteiger partial charge in [0.2, 0.25) is 0 Å². The van der Waals surface area contributed by atoms with Gasteiger partial charge in [0.1, 0.15) is 22.9 Å². The van der Waals surface area contributed by atoms with E-state index in [0.717, 1.165) is 29.6 Å². The molecule has 2 bridgehead atoms. The first-order valence-corrected chi connectivity index (χ1v) is 12.3. The number of rotatable bonds is 1. The number of benzene rings is 2. The van der Waals surface area contributed by atoms with Gasteiger partial charge in [0.25, 0.3) is 0 Å². The van der Waals surface area contributed by atoms with Crippen molar-refractivity contribution in [2.24, 2.45) is 0 Å². The van der Waals surface area contributed by atoms with E-state index in [1.54, 1.807) is 0 Å². The summed E-state index contributed by atoms with van der Waals surface area (Å²) < 4.78 is 13.5. The maximum Gasteiger partial charge on any atom is 0.143 e. The molecule has 3 aliphatic rings. The molecule has 0 saturated heterocycles. The van der Waals surface area contributed by atoms with Crippen LogP contribution in [0.1, 0.15) is 49.1 Å². The third kappa shape index (κ3) is 3.05. The maximum atomic E-state index is 6.43. The topological polar surface area (TPSA) is 22.4 Å². The number of halogens is 1. The molecule has 3 heteroatoms. The zero-order valence-electron chi connectivity index (χ0n) is 17.2. The lowest BCUT2D eigenvalue weighted by Gasteiger charge is -2.32. The Morgan fingerprint density at radius 2 is 2.03 bits per heavy atom. The molecule has 30 heavy (non-hydrogen) atoms. The summed E-state index contributed by atoms with van der Waals surface area (Å²) in [5.74, 6) is 1.70. The monoisotopic (exact) mass is 508 g/mol. The van der Waals surface area contributed by atoms with Crippen molar-refractivity contribution in [3.8, 4) is 16.9 Å². The highest BCUT2D eigenvalue weighted by atomic mass is 127. The molecule has 2 nitrogen and oxygen atoms in total. The van der Waals surface area contributed by atoms with E-state index in [9.17, 15) is 0 Å². The quantitative estimate of drug-likeness (QED) is 0.291. The lowest BCUT2D eigenvalue weighted by molar-refractivity contribution is 0.166. The number of hydrogen-bond acceptors (Lipinski definition) is 2. The van der Waals surface area contributed by atoms with Crippen LogP contribution in [0.3, 0.4) is 0 Å². The summed E-state index contributed by atoms with van der Waals surface area (Å²) in [5.41, 5.74) is 7.06. The first-order chi connectivity index (χ1) is 14.7. The van der Waals surface area contributed by atoms with Gasteiger partial charge in [-0.25, -0.2) is 0 Å². The zero-order valence-corrected chi connectivity index (χ0v) is 19.3. The number of allylic oxidation sites excluding steroid dienone is 2. The van der Waals surface area contributed by atoms with E-state index in [1.165, 1.54) is 52.1 Å². The minimum absolute atomic E-state index is 0.363. The fourth-order valence-corrected chi connectivity index (χ4v) is 6.22. The third-order valence-corrected chi connectivity index (χ3v) is 8.26. The molecular formula is C27H25IO2. The van der Waals surface area contributed by atoms with E-state index in [2.05, 4.69) is 84.2 Å². The van der Waals surface area contributed by atoms with E-state index >= 15 is 0 Å². The molecule has 1 fully saturated rings. The number of alkyl halides is 1. The van der Waals surface area contributed by atoms with Crippen LogP contribution < -0.4 is 15.4 Å². The van der Waals surface area contributed by atoms with Crippen molar-refractivity contribution in [3.63, 3.8) is 0 Å². The normalized spacial score (nSPS) is 24.7. The van der Waals surface area contributed by atoms with Crippen LogP contribution in [0, 0.1) is 6.92 Å². The molecular weight excluding hydrogens is 483 g/mol. The second kappa shape index (κ2) is 7.30. The van der Waals surface area contributed by atoms with E-state index in [0.29, 0.717) is 15.9 Å². The van der Waals surface area contributed by atoms with Crippen molar-refractivity contribution in [1.82, 2.24) is 0 Å². The maximum absolute atomic E-state index is 6.43. The van der Waals surface area contributed by atoms with Gasteiger partial charge < -0.3 is 9.15 Å². The molecule has 2 aliphatic carbocycles. The number of hydrogen-bond donors (Lipinski definition) is 0. The summed E-state index contributed by atoms with van der Waals surface area (Å²) in [5, 5.41) is 2.41. The Bertz CT molecular complexity index is 1300. The van der Waals surface area contributed by atoms with Gasteiger partial charge in [-0.15, -0.1) is 0 Å². The fourth-order valence-electron chi connectivity index (χ4n) is 5.34. The minimum atomic E-state index is 0.363. The smallest absolute Gasteiger partial charge is 0.143 e. The molecule has 1 aliphatic heterocycles. The van der Waals surface area contributed by atoms with Gasteiger partial charge in [-0.2, -0.15) is 0 Å². The van der Waals surface area contributed by atoms with E-state index in [4.69, 9.17) is 9.15 Å². The van der Waals surface area contributed by atoms with Crippen molar-refractivity contribution in [3.05, 3.63) is 64.2 Å². The van der Waals surface area contributed by atoms with Gasteiger partial charge >= 0.3 is 0 Å². The number of furan rings is 1. The van der Waals surface area contributed by atoms with Crippen molar-refractivity contribution < 1.29 is 9.15 Å². The SMILES string of the molecule is Cc1cc(-c2ccc3c(c2)C2CCC[C@@H](I)C(C2)O3)c2oc3c(c2c1)=CC=CCC=3. The lowest BCUT2D eigenvalue weighted by atomic mass is 9.86. The van der Waals surface area contributed by atoms with Crippen molar-refractivity contribution in [2.45, 2.75) is 55.0 Å². The zero-order chi connectivity index (χ0) is 20.2. The predicted octanol–water partition coefficient (Wildman–Crippen LogP) is 6.15. The average molecular weight is 508 g/mol. The second-order valence-corrected chi connectivity index (χ2v) is 10.5. The lowest BCUT2D eigenvalue weighted by Crippen LogP contribution is -2.31. The molecule has 0 amide bonds. The van der Waals surface area contributed by atoms with Gasteiger partial charge in [-0.1, -0.05) is 53.3 Å². The minimum Gasteiger partial charge on any atom is -0.489 e. The Morgan fingerprint density at radius 1 is 1.10 bits per heavy atom. The molecule has 3 aromatic rings. The van der Waals surface area contributed by atoms with Crippen molar-refractivity contribution >= 4 is 45.7 Å². The van der Waals surface area contributed by atoms with Gasteiger partial charge in [-0.3, -0.25) is 0 Å². The van der Waals surface area contributed by atoms with Crippen LogP contribution in [0.2, 0.25) is 0 Å². The van der Waals surface area contributed by atoms with Crippen LogP contribution in [0.5, 0.6) is 5.75 Å². The molecule has 3 atom stereocenters. The molecule has 1 aromatic heterocycles. The van der Waals surface area contributed by atoms with Crippen LogP contribution in [-0.2, 0) is 0 Å². The van der Waals surface area contributed by atoms with Crippen LogP contribution in [0.4, 0.5) is 0 Å². The van der Waals surface area contributed by atoms with Crippen LogP contribution in [0.15, 0.2) is 46.9 Å². The molecule has 0 spiro atoms. The molecule has 1 saturated carbocycles. The third-order valence-electron chi connectivity index (χ3n) is 6.83. The first kappa shape index (κ1) is 18.7. The summed E-state index contributed by atoms with van der Waals surface area (Å²) in [6.45, 7) is 2.18. The fraction of sp³-hybridized carbons (Fsp3) is 0.333. The number of fused-ring (bicyclic) bond motifs is 7. The number of aryl methyl sites for hydroxylation is 1. The standard InChI is InChI=1S/C27H25IO2/c1-16-12-21(27-22(13-16)19-7-3-2-4-9-24(19)30-27)18-10-11-25-20(14-18)17-6-5-8-23(28)26(15-17)29-25/h2-3,7,9-14,17,23,26H,4-6,8,15H2,1H3/t17?,23-,26?/m1/s1. The summed E-state index contributed by atoms with van der Waals surface area (Å²) in [6.07, 6.45) is 14.9. The molecule has 6 rings (SSSR count). The molecule has 2 heterocycles. The molecule has 152 valence electrons. The van der Waals surface area contributed by atoms with Crippen LogP contribution in [0.25, 0.3) is 34.2 Å². The van der Waals surface area contributed by atoms with Crippen molar-refractivity contribution in [2.75, 3.05) is 0 Å². The Labute approximate surface area is 190 Å². The Balaban J connectivity index is 1.54. The highest BCUT2D eigenvalue weighted by molar-refractivity contribution is 14.1. The Kier molecular flexibility index (Phi) is 4.56. The largest absolute Gasteiger partial charge is 0.489 e. The van der Waals surface area contributed by atoms with Gasteiger partial charge in [-0.05, 0) is 85.6 Å². The van der Waals surface area contributed by atoms with Gasteiger partial charge in [0, 0.05) is 20.1 Å². The van der Waals surface area contributed by atoms with Gasteiger partial charge in [0.05, 0.1) is 0 Å². The number of ether oxygens (including phenoxy) is 1.